The average Bonchev–Trinajstić information content (AvgIpc) is 2.28. The SMILES string of the molecule is Cc1cc(C(=O)NCC(C)C(C)C)ccc1N. The largest absolute Gasteiger partial charge is 0.399 e. The van der Waals surface area contributed by atoms with Crippen LogP contribution >= 0.6 is 0 Å². The number of hydrogen-bond donors (Lipinski definition) is 2. The topological polar surface area (TPSA) is 55.1 Å². The lowest BCUT2D eigenvalue weighted by molar-refractivity contribution is 0.0945. The van der Waals surface area contributed by atoms with Crippen molar-refractivity contribution >= 4 is 11.6 Å². The second-order valence-electron chi connectivity index (χ2n) is 5.00. The van der Waals surface area contributed by atoms with Crippen LogP contribution in [0.1, 0.15) is 36.7 Å². The Morgan fingerprint density at radius 2 is 2.00 bits per heavy atom. The Hall–Kier alpha value is -1.51. The zero-order valence-electron chi connectivity index (χ0n) is 11.1. The van der Waals surface area contributed by atoms with Crippen LogP contribution in [0.2, 0.25) is 0 Å². The zero-order chi connectivity index (χ0) is 13.0. The molecule has 1 rings (SSSR count). The van der Waals surface area contributed by atoms with Gasteiger partial charge in [-0.3, -0.25) is 4.79 Å². The van der Waals surface area contributed by atoms with E-state index in [4.69, 9.17) is 5.73 Å². The van der Waals surface area contributed by atoms with Gasteiger partial charge in [-0.2, -0.15) is 0 Å². The maximum atomic E-state index is 11.9. The van der Waals surface area contributed by atoms with Gasteiger partial charge in [-0.15, -0.1) is 0 Å². The monoisotopic (exact) mass is 234 g/mol. The van der Waals surface area contributed by atoms with Crippen molar-refractivity contribution < 1.29 is 4.79 Å². The quantitative estimate of drug-likeness (QED) is 0.787. The molecular weight excluding hydrogens is 212 g/mol. The van der Waals surface area contributed by atoms with Crippen LogP contribution in [-0.4, -0.2) is 12.5 Å². The number of rotatable bonds is 4. The van der Waals surface area contributed by atoms with Crippen LogP contribution in [-0.2, 0) is 0 Å². The molecule has 0 fully saturated rings. The molecule has 3 heteroatoms. The Morgan fingerprint density at radius 1 is 1.35 bits per heavy atom. The van der Waals surface area contributed by atoms with Gasteiger partial charge in [0.2, 0.25) is 0 Å². The lowest BCUT2D eigenvalue weighted by Crippen LogP contribution is -2.30. The van der Waals surface area contributed by atoms with Crippen molar-refractivity contribution in [1.82, 2.24) is 5.32 Å². The van der Waals surface area contributed by atoms with Crippen molar-refractivity contribution in [3.8, 4) is 0 Å². The Kier molecular flexibility index (Phi) is 4.55. The Balaban J connectivity index is 2.61. The highest BCUT2D eigenvalue weighted by atomic mass is 16.1. The smallest absolute Gasteiger partial charge is 0.251 e. The van der Waals surface area contributed by atoms with E-state index in [0.717, 1.165) is 11.3 Å². The van der Waals surface area contributed by atoms with Gasteiger partial charge in [0.25, 0.3) is 5.91 Å². The molecule has 1 unspecified atom stereocenters. The fraction of sp³-hybridized carbons (Fsp3) is 0.500. The summed E-state index contributed by atoms with van der Waals surface area (Å²) in [5.41, 5.74) is 8.05. The Labute approximate surface area is 103 Å². The van der Waals surface area contributed by atoms with E-state index < -0.39 is 0 Å². The number of nitrogens with one attached hydrogen (secondary N) is 1. The molecule has 0 radical (unpaired) electrons. The number of aryl methyl sites for hydroxylation is 1. The van der Waals surface area contributed by atoms with Gasteiger partial charge in [0, 0.05) is 17.8 Å². The molecule has 3 N–H and O–H groups in total. The van der Waals surface area contributed by atoms with Gasteiger partial charge in [0.15, 0.2) is 0 Å². The molecule has 17 heavy (non-hydrogen) atoms. The predicted octanol–water partition coefficient (Wildman–Crippen LogP) is 2.60. The van der Waals surface area contributed by atoms with Crippen LogP contribution < -0.4 is 11.1 Å². The standard InChI is InChI=1S/C14H22N2O/c1-9(2)11(4)8-16-14(17)12-5-6-13(15)10(3)7-12/h5-7,9,11H,8,15H2,1-4H3,(H,16,17). The first-order valence-electron chi connectivity index (χ1n) is 6.06. The van der Waals surface area contributed by atoms with Crippen LogP contribution in [0.25, 0.3) is 0 Å². The van der Waals surface area contributed by atoms with E-state index in [9.17, 15) is 4.79 Å². The Morgan fingerprint density at radius 3 is 2.53 bits per heavy atom. The van der Waals surface area contributed by atoms with Crippen LogP contribution in [0, 0.1) is 18.8 Å². The lowest BCUT2D eigenvalue weighted by Gasteiger charge is -2.16. The molecule has 0 spiro atoms. The molecule has 94 valence electrons. The van der Waals surface area contributed by atoms with E-state index in [1.54, 1.807) is 12.1 Å². The average molecular weight is 234 g/mol. The summed E-state index contributed by atoms with van der Waals surface area (Å²) in [6.45, 7) is 9.07. The minimum absolute atomic E-state index is 0.0272. The van der Waals surface area contributed by atoms with Crippen molar-refractivity contribution in [3.05, 3.63) is 29.3 Å². The van der Waals surface area contributed by atoms with Gasteiger partial charge in [-0.1, -0.05) is 20.8 Å². The molecule has 3 nitrogen and oxygen atoms in total. The molecule has 1 aromatic carbocycles. The molecule has 0 heterocycles. The second-order valence-corrected chi connectivity index (χ2v) is 5.00. The number of carbonyl (C=O) groups excluding carboxylic acids is 1. The predicted molar refractivity (Wildman–Crippen MR) is 71.9 cm³/mol. The molecule has 0 aromatic heterocycles. The number of hydrogen-bond acceptors (Lipinski definition) is 2. The lowest BCUT2D eigenvalue weighted by atomic mass is 9.98. The van der Waals surface area contributed by atoms with Crippen molar-refractivity contribution in [3.63, 3.8) is 0 Å². The number of benzene rings is 1. The summed E-state index contributed by atoms with van der Waals surface area (Å²) in [6, 6.07) is 5.36. The van der Waals surface area contributed by atoms with Gasteiger partial charge in [0.05, 0.1) is 0 Å². The van der Waals surface area contributed by atoms with E-state index in [1.807, 2.05) is 13.0 Å². The third-order valence-electron chi connectivity index (χ3n) is 3.25. The molecule has 1 aromatic rings. The molecular formula is C14H22N2O. The molecule has 0 aliphatic heterocycles. The summed E-state index contributed by atoms with van der Waals surface area (Å²) in [6.07, 6.45) is 0. The van der Waals surface area contributed by atoms with E-state index in [1.165, 1.54) is 0 Å². The normalized spacial score (nSPS) is 12.5. The Bertz CT molecular complexity index is 399. The molecule has 0 aliphatic carbocycles. The number of nitrogens with two attached hydrogens (primary N) is 1. The van der Waals surface area contributed by atoms with Crippen molar-refractivity contribution in [2.24, 2.45) is 11.8 Å². The van der Waals surface area contributed by atoms with Crippen LogP contribution in [0.15, 0.2) is 18.2 Å². The molecule has 0 saturated heterocycles. The number of carbonyl (C=O) groups is 1. The minimum Gasteiger partial charge on any atom is -0.399 e. The van der Waals surface area contributed by atoms with Gasteiger partial charge in [-0.25, -0.2) is 0 Å². The number of amides is 1. The number of nitrogen functional groups attached to an aromatic ring is 1. The van der Waals surface area contributed by atoms with Crippen LogP contribution in [0.4, 0.5) is 5.69 Å². The van der Waals surface area contributed by atoms with E-state index >= 15 is 0 Å². The van der Waals surface area contributed by atoms with Gasteiger partial charge >= 0.3 is 0 Å². The molecule has 1 atom stereocenters. The van der Waals surface area contributed by atoms with E-state index in [-0.39, 0.29) is 5.91 Å². The molecule has 1 amide bonds. The minimum atomic E-state index is -0.0272. The fourth-order valence-electron chi connectivity index (χ4n) is 1.41. The zero-order valence-corrected chi connectivity index (χ0v) is 11.1. The van der Waals surface area contributed by atoms with E-state index in [0.29, 0.717) is 23.9 Å². The summed E-state index contributed by atoms with van der Waals surface area (Å²) < 4.78 is 0. The summed E-state index contributed by atoms with van der Waals surface area (Å²) in [5, 5.41) is 2.95. The number of anilines is 1. The highest BCUT2D eigenvalue weighted by molar-refractivity contribution is 5.94. The first kappa shape index (κ1) is 13.6. The van der Waals surface area contributed by atoms with E-state index in [2.05, 4.69) is 26.1 Å². The van der Waals surface area contributed by atoms with Crippen LogP contribution in [0.5, 0.6) is 0 Å². The molecule has 0 bridgehead atoms. The maximum absolute atomic E-state index is 11.9. The summed E-state index contributed by atoms with van der Waals surface area (Å²) in [5.74, 6) is 1.03. The summed E-state index contributed by atoms with van der Waals surface area (Å²) >= 11 is 0. The van der Waals surface area contributed by atoms with Crippen molar-refractivity contribution in [2.45, 2.75) is 27.7 Å². The first-order valence-corrected chi connectivity index (χ1v) is 6.06. The fourth-order valence-corrected chi connectivity index (χ4v) is 1.41. The highest BCUT2D eigenvalue weighted by Gasteiger charge is 2.10. The maximum Gasteiger partial charge on any atom is 0.251 e. The van der Waals surface area contributed by atoms with Gasteiger partial charge in [0.1, 0.15) is 0 Å². The van der Waals surface area contributed by atoms with Crippen molar-refractivity contribution in [2.75, 3.05) is 12.3 Å². The van der Waals surface area contributed by atoms with Gasteiger partial charge in [-0.05, 0) is 42.5 Å². The highest BCUT2D eigenvalue weighted by Crippen LogP contribution is 2.13. The van der Waals surface area contributed by atoms with Crippen LogP contribution in [0.3, 0.4) is 0 Å². The van der Waals surface area contributed by atoms with Gasteiger partial charge < -0.3 is 11.1 Å². The third kappa shape index (κ3) is 3.77. The molecule has 0 aliphatic rings. The summed E-state index contributed by atoms with van der Waals surface area (Å²) in [7, 11) is 0. The van der Waals surface area contributed by atoms with Crippen molar-refractivity contribution in [1.29, 1.82) is 0 Å². The summed E-state index contributed by atoms with van der Waals surface area (Å²) in [4.78, 5) is 11.9. The first-order chi connectivity index (χ1) is 7.91. The molecule has 0 saturated carbocycles. The third-order valence-corrected chi connectivity index (χ3v) is 3.25. The second kappa shape index (κ2) is 5.71.